The molecule has 1 N–H and O–H groups in total. The summed E-state index contributed by atoms with van der Waals surface area (Å²) >= 11 is 0. The zero-order valence-electron chi connectivity index (χ0n) is 16.0. The molecule has 1 aromatic carbocycles. The number of benzene rings is 1. The van der Waals surface area contributed by atoms with Gasteiger partial charge in [0.25, 0.3) is 5.91 Å². The molecule has 0 aliphatic carbocycles. The first-order valence-electron chi connectivity index (χ1n) is 9.22. The fourth-order valence-corrected chi connectivity index (χ4v) is 3.34. The third-order valence-electron chi connectivity index (χ3n) is 4.76. The molecule has 2 aromatic heterocycles. The second kappa shape index (κ2) is 7.95. The molecule has 8 nitrogen and oxygen atoms in total. The minimum atomic E-state index is -0.222. The zero-order chi connectivity index (χ0) is 19.5. The molecule has 1 amide bonds. The number of ether oxygens (including phenoxy) is 2. The molecule has 1 aliphatic heterocycles. The Morgan fingerprint density at radius 2 is 2.00 bits per heavy atom. The maximum atomic E-state index is 11.9. The van der Waals surface area contributed by atoms with Gasteiger partial charge >= 0.3 is 0 Å². The number of morpholine rings is 1. The molecule has 1 fully saturated rings. The Hall–Kier alpha value is -2.97. The second-order valence-corrected chi connectivity index (χ2v) is 6.67. The Morgan fingerprint density at radius 3 is 2.71 bits per heavy atom. The van der Waals surface area contributed by atoms with Crippen LogP contribution in [0.25, 0.3) is 16.9 Å². The molecule has 0 bridgehead atoms. The first-order valence-corrected chi connectivity index (χ1v) is 9.22. The number of imidazole rings is 1. The van der Waals surface area contributed by atoms with Crippen molar-refractivity contribution in [3.63, 3.8) is 0 Å². The summed E-state index contributed by atoms with van der Waals surface area (Å²) in [6.07, 6.45) is 3.60. The lowest BCUT2D eigenvalue weighted by Gasteiger charge is -2.28. The highest BCUT2D eigenvalue weighted by Gasteiger charge is 2.14. The number of rotatable bonds is 5. The van der Waals surface area contributed by atoms with E-state index in [0.29, 0.717) is 11.5 Å². The Balaban J connectivity index is 1.62. The largest absolute Gasteiger partial charge is 0.378 e. The van der Waals surface area contributed by atoms with Crippen molar-refractivity contribution >= 4 is 23.1 Å². The predicted octanol–water partition coefficient (Wildman–Crippen LogP) is 2.13. The topological polar surface area (TPSA) is 81.0 Å². The summed E-state index contributed by atoms with van der Waals surface area (Å²) in [6.45, 7) is 5.18. The molecule has 0 atom stereocenters. The average Bonchev–Trinajstić information content (AvgIpc) is 3.03. The number of methoxy groups -OCH3 is 1. The molecule has 3 aromatic rings. The van der Waals surface area contributed by atoms with Gasteiger partial charge in [-0.15, -0.1) is 0 Å². The molecule has 0 radical (unpaired) electrons. The number of carbonyl (C=O) groups is 1. The van der Waals surface area contributed by atoms with Crippen molar-refractivity contribution < 1.29 is 14.3 Å². The Bertz CT molecular complexity index is 977. The van der Waals surface area contributed by atoms with E-state index in [-0.39, 0.29) is 12.5 Å². The van der Waals surface area contributed by atoms with E-state index in [1.165, 1.54) is 12.8 Å². The monoisotopic (exact) mass is 381 g/mol. The summed E-state index contributed by atoms with van der Waals surface area (Å²) in [7, 11) is 1.49. The minimum absolute atomic E-state index is 0.00633. The van der Waals surface area contributed by atoms with Crippen LogP contribution in [0.5, 0.6) is 0 Å². The molecule has 0 saturated carbocycles. The van der Waals surface area contributed by atoms with Crippen LogP contribution in [0, 0.1) is 6.92 Å². The fraction of sp³-hybridized carbons (Fsp3) is 0.350. The Labute approximate surface area is 163 Å². The highest BCUT2D eigenvalue weighted by molar-refractivity contribution is 5.92. The maximum Gasteiger partial charge on any atom is 0.251 e. The number of carbonyl (C=O) groups excluding carboxylic acids is 1. The highest BCUT2D eigenvalue weighted by atomic mass is 16.5. The lowest BCUT2D eigenvalue weighted by molar-refractivity contribution is -0.119. The van der Waals surface area contributed by atoms with Crippen LogP contribution in [0.2, 0.25) is 0 Å². The SMILES string of the molecule is COCC(=O)Nc1c(C)nc2cnc(-c3ccc(N4CCOCC4)cc3)cn12. The zero-order valence-corrected chi connectivity index (χ0v) is 16.0. The predicted molar refractivity (Wildman–Crippen MR) is 107 cm³/mol. The summed E-state index contributed by atoms with van der Waals surface area (Å²) in [6, 6.07) is 8.33. The van der Waals surface area contributed by atoms with E-state index < -0.39 is 0 Å². The summed E-state index contributed by atoms with van der Waals surface area (Å²) in [5.74, 6) is 0.409. The van der Waals surface area contributed by atoms with E-state index in [4.69, 9.17) is 9.47 Å². The van der Waals surface area contributed by atoms with Gasteiger partial charge in [0.15, 0.2) is 5.65 Å². The van der Waals surface area contributed by atoms with Crippen LogP contribution in [0.1, 0.15) is 5.69 Å². The van der Waals surface area contributed by atoms with Gasteiger partial charge in [0, 0.05) is 37.6 Å². The maximum absolute atomic E-state index is 11.9. The van der Waals surface area contributed by atoms with Crippen LogP contribution < -0.4 is 10.2 Å². The molecule has 1 aliphatic rings. The van der Waals surface area contributed by atoms with Crippen molar-refractivity contribution in [1.29, 1.82) is 0 Å². The number of fused-ring (bicyclic) bond motifs is 1. The van der Waals surface area contributed by atoms with Gasteiger partial charge < -0.3 is 19.7 Å². The van der Waals surface area contributed by atoms with Gasteiger partial charge in [0.05, 0.1) is 30.8 Å². The number of aryl methyl sites for hydroxylation is 1. The van der Waals surface area contributed by atoms with Gasteiger partial charge in [-0.25, -0.2) is 4.98 Å². The second-order valence-electron chi connectivity index (χ2n) is 6.67. The molecule has 1 saturated heterocycles. The van der Waals surface area contributed by atoms with Crippen LogP contribution >= 0.6 is 0 Å². The van der Waals surface area contributed by atoms with Crippen LogP contribution in [0.15, 0.2) is 36.7 Å². The average molecular weight is 381 g/mol. The number of aromatic nitrogens is 3. The van der Waals surface area contributed by atoms with E-state index >= 15 is 0 Å². The normalized spacial score (nSPS) is 14.4. The highest BCUT2D eigenvalue weighted by Crippen LogP contribution is 2.25. The van der Waals surface area contributed by atoms with Crippen LogP contribution in [-0.4, -0.2) is 60.3 Å². The number of nitrogens with one attached hydrogen (secondary N) is 1. The number of anilines is 2. The van der Waals surface area contributed by atoms with E-state index in [9.17, 15) is 4.79 Å². The molecule has 146 valence electrons. The molecule has 3 heterocycles. The van der Waals surface area contributed by atoms with Crippen molar-refractivity contribution in [2.45, 2.75) is 6.92 Å². The molecule has 0 spiro atoms. The third kappa shape index (κ3) is 3.69. The molecular formula is C20H23N5O3. The van der Waals surface area contributed by atoms with Crippen LogP contribution in [0.3, 0.4) is 0 Å². The number of nitrogens with zero attached hydrogens (tertiary/aromatic N) is 4. The lowest BCUT2D eigenvalue weighted by Crippen LogP contribution is -2.36. The minimum Gasteiger partial charge on any atom is -0.378 e. The van der Waals surface area contributed by atoms with Gasteiger partial charge in [-0.05, 0) is 19.1 Å². The summed E-state index contributed by atoms with van der Waals surface area (Å²) < 4.78 is 12.2. The van der Waals surface area contributed by atoms with Crippen LogP contribution in [0.4, 0.5) is 11.5 Å². The number of amides is 1. The van der Waals surface area contributed by atoms with Crippen molar-refractivity contribution in [2.24, 2.45) is 0 Å². The van der Waals surface area contributed by atoms with Gasteiger partial charge in [-0.1, -0.05) is 12.1 Å². The summed E-state index contributed by atoms with van der Waals surface area (Å²) in [5.41, 5.74) is 4.39. The molecule has 4 rings (SSSR count). The summed E-state index contributed by atoms with van der Waals surface area (Å²) in [5, 5.41) is 2.86. The van der Waals surface area contributed by atoms with Gasteiger partial charge in [0.1, 0.15) is 12.4 Å². The smallest absolute Gasteiger partial charge is 0.251 e. The summed E-state index contributed by atoms with van der Waals surface area (Å²) in [4.78, 5) is 23.3. The fourth-order valence-electron chi connectivity index (χ4n) is 3.34. The van der Waals surface area contributed by atoms with Gasteiger partial charge in [0.2, 0.25) is 0 Å². The van der Waals surface area contributed by atoms with E-state index in [2.05, 4.69) is 44.5 Å². The number of hydrogen-bond donors (Lipinski definition) is 1. The third-order valence-corrected chi connectivity index (χ3v) is 4.76. The van der Waals surface area contributed by atoms with Crippen LogP contribution in [-0.2, 0) is 14.3 Å². The van der Waals surface area contributed by atoms with E-state index in [1.54, 1.807) is 6.20 Å². The molecule has 28 heavy (non-hydrogen) atoms. The van der Waals surface area contributed by atoms with Crippen molar-refractivity contribution in [3.05, 3.63) is 42.4 Å². The lowest BCUT2D eigenvalue weighted by atomic mass is 10.1. The van der Waals surface area contributed by atoms with E-state index in [0.717, 1.165) is 43.3 Å². The standard InChI is InChI=1S/C20H23N5O3/c1-14-20(23-19(26)13-27-2)25-12-17(21-11-18(25)22-14)15-3-5-16(6-4-15)24-7-9-28-10-8-24/h3-6,11-12H,7-10,13H2,1-2H3,(H,23,26). The van der Waals surface area contributed by atoms with Crippen molar-refractivity contribution in [1.82, 2.24) is 14.4 Å². The van der Waals surface area contributed by atoms with Gasteiger partial charge in [-0.3, -0.25) is 14.2 Å². The van der Waals surface area contributed by atoms with Crippen molar-refractivity contribution in [3.8, 4) is 11.3 Å². The Morgan fingerprint density at radius 1 is 1.25 bits per heavy atom. The van der Waals surface area contributed by atoms with Gasteiger partial charge in [-0.2, -0.15) is 0 Å². The van der Waals surface area contributed by atoms with Crippen molar-refractivity contribution in [2.75, 3.05) is 50.2 Å². The Kier molecular flexibility index (Phi) is 5.23. The molecule has 8 heteroatoms. The first-order chi connectivity index (χ1) is 13.7. The van der Waals surface area contributed by atoms with E-state index in [1.807, 2.05) is 17.5 Å². The first kappa shape index (κ1) is 18.4. The quantitative estimate of drug-likeness (QED) is 0.729. The molecule has 0 unspecified atom stereocenters. The molecular weight excluding hydrogens is 358 g/mol. The number of hydrogen-bond acceptors (Lipinski definition) is 6.